The zero-order valence-electron chi connectivity index (χ0n) is 9.17. The number of hydrogen-bond donors (Lipinski definition) is 1. The molecule has 0 radical (unpaired) electrons. The second-order valence-electron chi connectivity index (χ2n) is 4.35. The molecule has 1 aliphatic rings. The highest BCUT2D eigenvalue weighted by Crippen LogP contribution is 2.27. The van der Waals surface area contributed by atoms with E-state index in [0.717, 1.165) is 31.2 Å². The molecule has 2 rings (SSSR count). The van der Waals surface area contributed by atoms with Gasteiger partial charge in [0.15, 0.2) is 0 Å². The SMILES string of the molecule is OC1(C#Cc2ccc(Cl)cc2)CCCCC1. The zero-order chi connectivity index (χ0) is 11.4. The Morgan fingerprint density at radius 3 is 2.31 bits per heavy atom. The molecular weight excluding hydrogens is 220 g/mol. The maximum atomic E-state index is 10.2. The number of benzene rings is 1. The molecule has 0 aliphatic heterocycles. The maximum Gasteiger partial charge on any atom is 0.125 e. The Hall–Kier alpha value is -0.970. The smallest absolute Gasteiger partial charge is 0.125 e. The van der Waals surface area contributed by atoms with Crippen molar-refractivity contribution in [2.75, 3.05) is 0 Å². The first kappa shape index (κ1) is 11.5. The van der Waals surface area contributed by atoms with Crippen LogP contribution in [0.4, 0.5) is 0 Å². The molecule has 1 fully saturated rings. The van der Waals surface area contributed by atoms with E-state index in [1.165, 1.54) is 6.42 Å². The average molecular weight is 235 g/mol. The van der Waals surface area contributed by atoms with Gasteiger partial charge in [0.25, 0.3) is 0 Å². The van der Waals surface area contributed by atoms with Gasteiger partial charge in [-0.25, -0.2) is 0 Å². The van der Waals surface area contributed by atoms with Gasteiger partial charge in [0.1, 0.15) is 5.60 Å². The highest BCUT2D eigenvalue weighted by atomic mass is 35.5. The molecule has 0 bridgehead atoms. The third kappa shape index (κ3) is 3.01. The van der Waals surface area contributed by atoms with Gasteiger partial charge in [-0.2, -0.15) is 0 Å². The van der Waals surface area contributed by atoms with E-state index in [9.17, 15) is 5.11 Å². The third-order valence-electron chi connectivity index (χ3n) is 2.96. The fraction of sp³-hybridized carbons (Fsp3) is 0.429. The number of aliphatic hydroxyl groups is 1. The van der Waals surface area contributed by atoms with Gasteiger partial charge in [0, 0.05) is 10.6 Å². The van der Waals surface area contributed by atoms with E-state index in [2.05, 4.69) is 11.8 Å². The first-order valence-electron chi connectivity index (χ1n) is 5.69. The van der Waals surface area contributed by atoms with Crippen molar-refractivity contribution >= 4 is 11.6 Å². The maximum absolute atomic E-state index is 10.2. The summed E-state index contributed by atoms with van der Waals surface area (Å²) in [7, 11) is 0. The van der Waals surface area contributed by atoms with Crippen LogP contribution in [0.25, 0.3) is 0 Å². The van der Waals surface area contributed by atoms with Crippen LogP contribution < -0.4 is 0 Å². The molecule has 0 atom stereocenters. The molecule has 1 N–H and O–H groups in total. The van der Waals surface area contributed by atoms with Crippen LogP contribution in [0.2, 0.25) is 5.02 Å². The van der Waals surface area contributed by atoms with Crippen molar-refractivity contribution in [3.05, 3.63) is 34.9 Å². The van der Waals surface area contributed by atoms with E-state index in [-0.39, 0.29) is 0 Å². The lowest BCUT2D eigenvalue weighted by atomic mass is 9.85. The normalized spacial score (nSPS) is 18.6. The highest BCUT2D eigenvalue weighted by molar-refractivity contribution is 6.30. The summed E-state index contributed by atoms with van der Waals surface area (Å²) >= 11 is 5.79. The van der Waals surface area contributed by atoms with Gasteiger partial charge in [-0.1, -0.05) is 29.9 Å². The molecule has 1 saturated carbocycles. The van der Waals surface area contributed by atoms with Gasteiger partial charge in [0.05, 0.1) is 0 Å². The fourth-order valence-corrected chi connectivity index (χ4v) is 2.11. The predicted molar refractivity (Wildman–Crippen MR) is 66.4 cm³/mol. The van der Waals surface area contributed by atoms with E-state index in [1.807, 2.05) is 24.3 Å². The Kier molecular flexibility index (Phi) is 3.53. The first-order chi connectivity index (χ1) is 7.68. The molecule has 16 heavy (non-hydrogen) atoms. The Labute approximate surface area is 101 Å². The summed E-state index contributed by atoms with van der Waals surface area (Å²) in [6, 6.07) is 7.38. The van der Waals surface area contributed by atoms with Crippen molar-refractivity contribution in [3.8, 4) is 11.8 Å². The third-order valence-corrected chi connectivity index (χ3v) is 3.22. The molecule has 84 valence electrons. The molecule has 2 heteroatoms. The van der Waals surface area contributed by atoms with Crippen LogP contribution in [-0.2, 0) is 0 Å². The van der Waals surface area contributed by atoms with E-state index in [4.69, 9.17) is 11.6 Å². The minimum absolute atomic E-state index is 0.710. The lowest BCUT2D eigenvalue weighted by Gasteiger charge is -2.26. The van der Waals surface area contributed by atoms with Crippen molar-refractivity contribution in [2.24, 2.45) is 0 Å². The Bertz CT molecular complexity index is 405. The fourth-order valence-electron chi connectivity index (χ4n) is 1.98. The van der Waals surface area contributed by atoms with Gasteiger partial charge >= 0.3 is 0 Å². The molecule has 0 saturated heterocycles. The number of halogens is 1. The van der Waals surface area contributed by atoms with Crippen molar-refractivity contribution in [1.29, 1.82) is 0 Å². The van der Waals surface area contributed by atoms with Crippen molar-refractivity contribution in [1.82, 2.24) is 0 Å². The van der Waals surface area contributed by atoms with E-state index in [0.29, 0.717) is 5.02 Å². The summed E-state index contributed by atoms with van der Waals surface area (Å²) in [5.41, 5.74) is 0.140. The van der Waals surface area contributed by atoms with Crippen LogP contribution in [0.5, 0.6) is 0 Å². The largest absolute Gasteiger partial charge is 0.378 e. The van der Waals surface area contributed by atoms with E-state index in [1.54, 1.807) is 0 Å². The summed E-state index contributed by atoms with van der Waals surface area (Å²) in [6.45, 7) is 0. The van der Waals surface area contributed by atoms with Crippen LogP contribution in [0, 0.1) is 11.8 Å². The Morgan fingerprint density at radius 1 is 1.06 bits per heavy atom. The van der Waals surface area contributed by atoms with Crippen molar-refractivity contribution < 1.29 is 5.11 Å². The molecule has 1 nitrogen and oxygen atoms in total. The van der Waals surface area contributed by atoms with Crippen LogP contribution in [0.15, 0.2) is 24.3 Å². The highest BCUT2D eigenvalue weighted by Gasteiger charge is 2.26. The topological polar surface area (TPSA) is 20.2 Å². The van der Waals surface area contributed by atoms with Crippen LogP contribution >= 0.6 is 11.6 Å². The Morgan fingerprint density at radius 2 is 1.69 bits per heavy atom. The minimum atomic E-state index is -0.766. The molecule has 0 aromatic heterocycles. The molecule has 0 spiro atoms. The van der Waals surface area contributed by atoms with E-state index >= 15 is 0 Å². The quantitative estimate of drug-likeness (QED) is 0.683. The lowest BCUT2D eigenvalue weighted by Crippen LogP contribution is -2.29. The van der Waals surface area contributed by atoms with Gasteiger partial charge in [-0.15, -0.1) is 0 Å². The second-order valence-corrected chi connectivity index (χ2v) is 4.79. The molecule has 0 unspecified atom stereocenters. The van der Waals surface area contributed by atoms with Crippen molar-refractivity contribution in [2.45, 2.75) is 37.7 Å². The standard InChI is InChI=1S/C14H15ClO/c15-13-6-4-12(5-7-13)8-11-14(16)9-2-1-3-10-14/h4-7,16H,1-3,9-10H2. The summed E-state index contributed by atoms with van der Waals surface area (Å²) in [4.78, 5) is 0. The van der Waals surface area contributed by atoms with E-state index < -0.39 is 5.60 Å². The van der Waals surface area contributed by atoms with Gasteiger partial charge in [-0.3, -0.25) is 0 Å². The van der Waals surface area contributed by atoms with Crippen LogP contribution in [0.1, 0.15) is 37.7 Å². The minimum Gasteiger partial charge on any atom is -0.378 e. The molecule has 1 aromatic rings. The monoisotopic (exact) mass is 234 g/mol. The van der Waals surface area contributed by atoms with Crippen molar-refractivity contribution in [3.63, 3.8) is 0 Å². The molecule has 1 aromatic carbocycles. The molecule has 1 aliphatic carbocycles. The summed E-state index contributed by atoms with van der Waals surface area (Å²) in [5.74, 6) is 6.02. The zero-order valence-corrected chi connectivity index (χ0v) is 9.93. The lowest BCUT2D eigenvalue weighted by molar-refractivity contribution is 0.0610. The van der Waals surface area contributed by atoms with Gasteiger partial charge in [-0.05, 0) is 49.9 Å². The van der Waals surface area contributed by atoms with Crippen LogP contribution in [-0.4, -0.2) is 10.7 Å². The van der Waals surface area contributed by atoms with Gasteiger partial charge in [0.2, 0.25) is 0 Å². The number of hydrogen-bond acceptors (Lipinski definition) is 1. The molecule has 0 heterocycles. The second kappa shape index (κ2) is 4.91. The Balaban J connectivity index is 2.11. The van der Waals surface area contributed by atoms with Crippen LogP contribution in [0.3, 0.4) is 0 Å². The first-order valence-corrected chi connectivity index (χ1v) is 6.07. The summed E-state index contributed by atoms with van der Waals surface area (Å²) in [5, 5.41) is 10.9. The summed E-state index contributed by atoms with van der Waals surface area (Å²) < 4.78 is 0. The summed E-state index contributed by atoms with van der Waals surface area (Å²) in [6.07, 6.45) is 4.96. The molecular formula is C14H15ClO. The predicted octanol–water partition coefficient (Wildman–Crippen LogP) is 3.39. The molecule has 0 amide bonds. The van der Waals surface area contributed by atoms with Gasteiger partial charge < -0.3 is 5.11 Å². The number of rotatable bonds is 0. The average Bonchev–Trinajstić information content (AvgIpc) is 2.29.